The molecule has 0 spiro atoms. The van der Waals surface area contributed by atoms with E-state index >= 15 is 0 Å². The highest BCUT2D eigenvalue weighted by molar-refractivity contribution is 5.76. The molecule has 7 heteroatoms. The summed E-state index contributed by atoms with van der Waals surface area (Å²) in [5, 5.41) is 4.26. The Labute approximate surface area is 200 Å². The Morgan fingerprint density at radius 3 is 2.65 bits per heavy atom. The fourth-order valence-electron chi connectivity index (χ4n) is 4.81. The van der Waals surface area contributed by atoms with E-state index in [0.29, 0.717) is 11.6 Å². The third kappa shape index (κ3) is 4.74. The van der Waals surface area contributed by atoms with Crippen LogP contribution >= 0.6 is 0 Å². The van der Waals surface area contributed by atoms with E-state index in [-0.39, 0.29) is 0 Å². The van der Waals surface area contributed by atoms with E-state index in [9.17, 15) is 0 Å². The van der Waals surface area contributed by atoms with Crippen LogP contribution in [0.15, 0.2) is 48.9 Å². The van der Waals surface area contributed by atoms with E-state index in [4.69, 9.17) is 14.7 Å². The molecule has 0 N–H and O–H groups in total. The molecule has 3 aromatic heterocycles. The van der Waals surface area contributed by atoms with Gasteiger partial charge < -0.3 is 9.64 Å². The number of aromatic nitrogens is 5. The Morgan fingerprint density at radius 2 is 1.91 bits per heavy atom. The third-order valence-corrected chi connectivity index (χ3v) is 6.74. The molecule has 4 aromatic rings. The monoisotopic (exact) mass is 456 g/mol. The zero-order valence-corrected chi connectivity index (χ0v) is 20.2. The summed E-state index contributed by atoms with van der Waals surface area (Å²) in [5.74, 6) is 2.42. The van der Waals surface area contributed by atoms with Gasteiger partial charge >= 0.3 is 0 Å². The zero-order chi connectivity index (χ0) is 23.5. The average molecular weight is 457 g/mol. The second-order valence-corrected chi connectivity index (χ2v) is 9.18. The van der Waals surface area contributed by atoms with Crippen LogP contribution < -0.4 is 9.64 Å². The lowest BCUT2D eigenvalue weighted by Crippen LogP contribution is -2.27. The van der Waals surface area contributed by atoms with Crippen molar-refractivity contribution in [3.8, 4) is 17.0 Å². The molecule has 0 amide bonds. The average Bonchev–Trinajstić information content (AvgIpc) is 3.33. The third-order valence-electron chi connectivity index (χ3n) is 6.74. The van der Waals surface area contributed by atoms with Crippen molar-refractivity contribution in [2.45, 2.75) is 45.4 Å². The number of hydrogen-bond donors (Lipinski definition) is 0. The van der Waals surface area contributed by atoms with E-state index in [0.717, 1.165) is 47.0 Å². The number of nitrogens with zero attached hydrogens (tertiary/aromatic N) is 6. The molecule has 1 saturated carbocycles. The first-order chi connectivity index (χ1) is 16.6. The minimum Gasteiger partial charge on any atom is -0.497 e. The maximum atomic E-state index is 5.63. The first kappa shape index (κ1) is 22.3. The first-order valence-electron chi connectivity index (χ1n) is 12.2. The van der Waals surface area contributed by atoms with E-state index in [2.05, 4.69) is 46.2 Å². The quantitative estimate of drug-likeness (QED) is 0.355. The van der Waals surface area contributed by atoms with Gasteiger partial charge in [-0.1, -0.05) is 26.2 Å². The summed E-state index contributed by atoms with van der Waals surface area (Å²) in [4.78, 5) is 16.8. The number of aryl methyl sites for hydroxylation is 2. The Morgan fingerprint density at radius 1 is 1.06 bits per heavy atom. The summed E-state index contributed by atoms with van der Waals surface area (Å²) in [6, 6.07) is 10.6. The van der Waals surface area contributed by atoms with Crippen molar-refractivity contribution in [3.05, 3.63) is 54.5 Å². The van der Waals surface area contributed by atoms with Crippen molar-refractivity contribution in [2.24, 2.45) is 13.0 Å². The summed E-state index contributed by atoms with van der Waals surface area (Å²) < 4.78 is 7.40. The van der Waals surface area contributed by atoms with Gasteiger partial charge in [-0.15, -0.1) is 0 Å². The van der Waals surface area contributed by atoms with Gasteiger partial charge in [0.15, 0.2) is 5.65 Å². The lowest BCUT2D eigenvalue weighted by atomic mass is 9.88. The van der Waals surface area contributed by atoms with Gasteiger partial charge in [0.2, 0.25) is 0 Å². The molecule has 1 aliphatic carbocycles. The van der Waals surface area contributed by atoms with Crippen molar-refractivity contribution in [1.82, 2.24) is 24.7 Å². The predicted octanol–water partition coefficient (Wildman–Crippen LogP) is 5.71. The number of rotatable bonds is 7. The molecule has 1 aromatic carbocycles. The topological polar surface area (TPSA) is 69.0 Å². The fourth-order valence-corrected chi connectivity index (χ4v) is 4.81. The van der Waals surface area contributed by atoms with E-state index in [1.807, 2.05) is 19.3 Å². The number of ether oxygens (including phenoxy) is 1. The number of fused-ring (bicyclic) bond motifs is 1. The van der Waals surface area contributed by atoms with Crippen molar-refractivity contribution in [3.63, 3.8) is 0 Å². The molecule has 0 aliphatic heterocycles. The van der Waals surface area contributed by atoms with Crippen molar-refractivity contribution < 1.29 is 4.74 Å². The largest absolute Gasteiger partial charge is 0.497 e. The molecule has 1 aliphatic rings. The van der Waals surface area contributed by atoms with Crippen LogP contribution in [0.25, 0.3) is 22.4 Å². The van der Waals surface area contributed by atoms with Crippen LogP contribution in [0.4, 0.5) is 11.5 Å². The Balaban J connectivity index is 1.57. The minimum absolute atomic E-state index is 0.645. The molecule has 0 saturated heterocycles. The number of benzene rings is 1. The molecule has 0 unspecified atom stereocenters. The molecular weight excluding hydrogens is 424 g/mol. The van der Waals surface area contributed by atoms with Gasteiger partial charge in [-0.2, -0.15) is 5.10 Å². The molecule has 0 bridgehead atoms. The van der Waals surface area contributed by atoms with Gasteiger partial charge in [-0.25, -0.2) is 9.97 Å². The SMILES string of the molecule is CCc1cc(OC)cc(N(CC2CCCCC2)c2ccc3ncc(-c4cnn(C)c4)nc3n2)c1. The molecule has 3 heterocycles. The van der Waals surface area contributed by atoms with Crippen LogP contribution in [-0.2, 0) is 13.5 Å². The van der Waals surface area contributed by atoms with Crippen LogP contribution in [0.1, 0.15) is 44.6 Å². The maximum absolute atomic E-state index is 5.63. The van der Waals surface area contributed by atoms with Gasteiger partial charge in [0.25, 0.3) is 0 Å². The number of methoxy groups -OCH3 is 1. The fraction of sp³-hybridized carbons (Fsp3) is 0.407. The second kappa shape index (κ2) is 9.79. The van der Waals surface area contributed by atoms with Crippen LogP contribution in [0.2, 0.25) is 0 Å². The van der Waals surface area contributed by atoms with Crippen LogP contribution in [-0.4, -0.2) is 38.4 Å². The number of pyridine rings is 1. The first-order valence-corrected chi connectivity index (χ1v) is 12.2. The lowest BCUT2D eigenvalue weighted by molar-refractivity contribution is 0.364. The van der Waals surface area contributed by atoms with Crippen molar-refractivity contribution in [2.75, 3.05) is 18.6 Å². The van der Waals surface area contributed by atoms with E-state index < -0.39 is 0 Å². The summed E-state index contributed by atoms with van der Waals surface area (Å²) in [7, 11) is 3.63. The summed E-state index contributed by atoms with van der Waals surface area (Å²) in [5.41, 5.74) is 5.51. The molecule has 7 nitrogen and oxygen atoms in total. The Hall–Kier alpha value is -3.48. The van der Waals surface area contributed by atoms with Gasteiger partial charge in [0.05, 0.1) is 25.2 Å². The maximum Gasteiger partial charge on any atom is 0.180 e. The Kier molecular flexibility index (Phi) is 6.43. The van der Waals surface area contributed by atoms with Gasteiger partial charge in [0.1, 0.15) is 17.1 Å². The molecule has 0 radical (unpaired) electrons. The zero-order valence-electron chi connectivity index (χ0n) is 20.2. The van der Waals surface area contributed by atoms with E-state index in [1.54, 1.807) is 24.2 Å². The highest BCUT2D eigenvalue weighted by Crippen LogP contribution is 2.34. The van der Waals surface area contributed by atoms with Crippen molar-refractivity contribution >= 4 is 22.7 Å². The molecule has 5 rings (SSSR count). The molecule has 176 valence electrons. The predicted molar refractivity (Wildman–Crippen MR) is 135 cm³/mol. The van der Waals surface area contributed by atoms with Gasteiger partial charge in [0, 0.05) is 37.1 Å². The van der Waals surface area contributed by atoms with Crippen LogP contribution in [0, 0.1) is 5.92 Å². The van der Waals surface area contributed by atoms with Gasteiger partial charge in [-0.05, 0) is 55.0 Å². The highest BCUT2D eigenvalue weighted by atomic mass is 16.5. The number of anilines is 2. The molecule has 34 heavy (non-hydrogen) atoms. The van der Waals surface area contributed by atoms with Crippen LogP contribution in [0.5, 0.6) is 5.75 Å². The van der Waals surface area contributed by atoms with E-state index in [1.165, 1.54) is 37.7 Å². The second-order valence-electron chi connectivity index (χ2n) is 9.18. The minimum atomic E-state index is 0.645. The molecule has 0 atom stereocenters. The van der Waals surface area contributed by atoms with Crippen LogP contribution in [0.3, 0.4) is 0 Å². The summed E-state index contributed by atoms with van der Waals surface area (Å²) >= 11 is 0. The molecular formula is C27H32N6O. The summed E-state index contributed by atoms with van der Waals surface area (Å²) in [6.45, 7) is 3.11. The number of hydrogen-bond acceptors (Lipinski definition) is 6. The lowest BCUT2D eigenvalue weighted by Gasteiger charge is -2.31. The molecule has 1 fully saturated rings. The smallest absolute Gasteiger partial charge is 0.180 e. The Bertz CT molecular complexity index is 1260. The highest BCUT2D eigenvalue weighted by Gasteiger charge is 2.21. The van der Waals surface area contributed by atoms with Gasteiger partial charge in [-0.3, -0.25) is 9.67 Å². The van der Waals surface area contributed by atoms with Crippen molar-refractivity contribution in [1.29, 1.82) is 0 Å². The standard InChI is InChI=1S/C27H32N6O/c1-4-19-12-22(14-23(13-19)34-3)33(17-20-8-6-5-7-9-20)26-11-10-24-27(31-26)30-25(16-28-24)21-15-29-32(2)18-21/h10-16,18,20H,4-9,17H2,1-3H3. The summed E-state index contributed by atoms with van der Waals surface area (Å²) in [6.07, 6.45) is 13.0. The normalized spacial score (nSPS) is 14.4.